The van der Waals surface area contributed by atoms with E-state index < -0.39 is 10.0 Å². The molecule has 0 atom stereocenters. The Bertz CT molecular complexity index is 590. The van der Waals surface area contributed by atoms with Crippen LogP contribution in [0.5, 0.6) is 0 Å². The smallest absolute Gasteiger partial charge is 0.240 e. The molecular formula is C16H24N2O3S. The minimum Gasteiger partial charge on any atom is -0.326 e. The van der Waals surface area contributed by atoms with Gasteiger partial charge in [0.2, 0.25) is 15.9 Å². The van der Waals surface area contributed by atoms with Gasteiger partial charge in [-0.25, -0.2) is 13.1 Å². The first kappa shape index (κ1) is 17.0. The molecule has 0 unspecified atom stereocenters. The van der Waals surface area contributed by atoms with E-state index in [1.165, 1.54) is 51.3 Å². The van der Waals surface area contributed by atoms with Crippen molar-refractivity contribution in [2.75, 3.05) is 12.4 Å². The zero-order valence-electron chi connectivity index (χ0n) is 13.0. The number of hydrogen-bond donors (Lipinski definition) is 2. The second-order valence-electron chi connectivity index (χ2n) is 5.82. The van der Waals surface area contributed by atoms with Gasteiger partial charge in [-0.15, -0.1) is 0 Å². The zero-order valence-corrected chi connectivity index (χ0v) is 13.8. The maximum absolute atomic E-state index is 12.0. The maximum atomic E-state index is 12.0. The van der Waals surface area contributed by atoms with Crippen molar-refractivity contribution in [3.63, 3.8) is 0 Å². The number of carbonyl (C=O) groups is 1. The molecule has 5 nitrogen and oxygen atoms in total. The lowest BCUT2D eigenvalue weighted by Gasteiger charge is -2.21. The average Bonchev–Trinajstić information content (AvgIpc) is 2.54. The maximum Gasteiger partial charge on any atom is 0.240 e. The molecule has 2 rings (SSSR count). The van der Waals surface area contributed by atoms with Crippen molar-refractivity contribution in [1.29, 1.82) is 0 Å². The van der Waals surface area contributed by atoms with Gasteiger partial charge < -0.3 is 5.32 Å². The van der Waals surface area contributed by atoms with E-state index in [-0.39, 0.29) is 10.8 Å². The van der Waals surface area contributed by atoms with Crippen molar-refractivity contribution in [2.24, 2.45) is 5.92 Å². The van der Waals surface area contributed by atoms with Crippen LogP contribution in [0.1, 0.15) is 44.9 Å². The first-order valence-electron chi connectivity index (χ1n) is 7.85. The van der Waals surface area contributed by atoms with E-state index in [1.807, 2.05) is 0 Å². The van der Waals surface area contributed by atoms with Crippen molar-refractivity contribution in [1.82, 2.24) is 4.72 Å². The zero-order chi connectivity index (χ0) is 16.0. The molecule has 1 saturated carbocycles. The third-order valence-corrected chi connectivity index (χ3v) is 5.65. The van der Waals surface area contributed by atoms with Crippen LogP contribution in [0.2, 0.25) is 0 Å². The highest BCUT2D eigenvalue weighted by Gasteiger charge is 2.15. The number of amides is 1. The molecule has 6 heteroatoms. The van der Waals surface area contributed by atoms with Gasteiger partial charge in [0, 0.05) is 12.1 Å². The van der Waals surface area contributed by atoms with Crippen LogP contribution in [0.3, 0.4) is 0 Å². The molecule has 0 heterocycles. The van der Waals surface area contributed by atoms with E-state index >= 15 is 0 Å². The van der Waals surface area contributed by atoms with Crippen molar-refractivity contribution < 1.29 is 13.2 Å². The van der Waals surface area contributed by atoms with E-state index in [1.54, 1.807) is 12.1 Å². The van der Waals surface area contributed by atoms with Crippen molar-refractivity contribution in [3.05, 3.63) is 24.3 Å². The van der Waals surface area contributed by atoms with Crippen LogP contribution in [-0.2, 0) is 14.8 Å². The van der Waals surface area contributed by atoms with E-state index in [0.29, 0.717) is 18.0 Å². The summed E-state index contributed by atoms with van der Waals surface area (Å²) in [6.45, 7) is 0. The van der Waals surface area contributed by atoms with Gasteiger partial charge in [-0.2, -0.15) is 0 Å². The topological polar surface area (TPSA) is 75.3 Å². The summed E-state index contributed by atoms with van der Waals surface area (Å²) in [5.41, 5.74) is 0.628. The number of anilines is 1. The Labute approximate surface area is 132 Å². The summed E-state index contributed by atoms with van der Waals surface area (Å²) in [6.07, 6.45) is 7.85. The third-order valence-electron chi connectivity index (χ3n) is 4.22. The molecule has 0 radical (unpaired) electrons. The number of sulfonamides is 1. The molecule has 0 spiro atoms. The van der Waals surface area contributed by atoms with Crippen molar-refractivity contribution in [3.8, 4) is 0 Å². The molecule has 122 valence electrons. The van der Waals surface area contributed by atoms with Crippen molar-refractivity contribution in [2.45, 2.75) is 49.8 Å². The van der Waals surface area contributed by atoms with Gasteiger partial charge >= 0.3 is 0 Å². The fourth-order valence-corrected chi connectivity index (χ4v) is 3.60. The lowest BCUT2D eigenvalue weighted by atomic mass is 9.86. The van der Waals surface area contributed by atoms with Crippen LogP contribution in [0.4, 0.5) is 5.69 Å². The summed E-state index contributed by atoms with van der Waals surface area (Å²) in [4.78, 5) is 12.1. The summed E-state index contributed by atoms with van der Waals surface area (Å²) in [7, 11) is -2.06. The number of benzene rings is 1. The highest BCUT2D eigenvalue weighted by atomic mass is 32.2. The van der Waals surface area contributed by atoms with E-state index in [0.717, 1.165) is 6.42 Å². The number of carbonyl (C=O) groups excluding carboxylic acids is 1. The fourth-order valence-electron chi connectivity index (χ4n) is 2.87. The van der Waals surface area contributed by atoms with Gasteiger partial charge in [-0.05, 0) is 43.7 Å². The third kappa shape index (κ3) is 4.81. The Balaban J connectivity index is 1.83. The van der Waals surface area contributed by atoms with Crippen LogP contribution < -0.4 is 10.0 Å². The van der Waals surface area contributed by atoms with Gasteiger partial charge in [0.05, 0.1) is 4.90 Å². The summed E-state index contributed by atoms with van der Waals surface area (Å²) in [6, 6.07) is 6.20. The molecule has 0 saturated heterocycles. The largest absolute Gasteiger partial charge is 0.326 e. The molecule has 0 aliphatic heterocycles. The SMILES string of the molecule is CNS(=O)(=O)c1ccc(NC(=O)CCC2CCCCC2)cc1. The predicted octanol–water partition coefficient (Wildman–Crippen LogP) is 2.89. The Kier molecular flexibility index (Phi) is 5.97. The lowest BCUT2D eigenvalue weighted by Crippen LogP contribution is -2.18. The molecule has 1 fully saturated rings. The van der Waals surface area contributed by atoms with Gasteiger partial charge in [-0.3, -0.25) is 4.79 Å². The molecule has 1 aliphatic rings. The Morgan fingerprint density at radius 3 is 2.36 bits per heavy atom. The van der Waals surface area contributed by atoms with Gasteiger partial charge in [0.1, 0.15) is 0 Å². The highest BCUT2D eigenvalue weighted by Crippen LogP contribution is 2.27. The van der Waals surface area contributed by atoms with E-state index in [4.69, 9.17) is 0 Å². The van der Waals surface area contributed by atoms with E-state index in [9.17, 15) is 13.2 Å². The minimum absolute atomic E-state index is 0.00482. The summed E-state index contributed by atoms with van der Waals surface area (Å²) in [5.74, 6) is 0.678. The number of rotatable bonds is 6. The molecule has 1 aromatic carbocycles. The fraction of sp³-hybridized carbons (Fsp3) is 0.562. The monoisotopic (exact) mass is 324 g/mol. The quantitative estimate of drug-likeness (QED) is 0.845. The van der Waals surface area contributed by atoms with Crippen LogP contribution in [0.25, 0.3) is 0 Å². The predicted molar refractivity (Wildman–Crippen MR) is 87.1 cm³/mol. The molecule has 0 bridgehead atoms. The molecule has 0 aromatic heterocycles. The second-order valence-corrected chi connectivity index (χ2v) is 7.71. The average molecular weight is 324 g/mol. The highest BCUT2D eigenvalue weighted by molar-refractivity contribution is 7.89. The Morgan fingerprint density at radius 1 is 1.14 bits per heavy atom. The summed E-state index contributed by atoms with van der Waals surface area (Å²) in [5, 5.41) is 2.82. The van der Waals surface area contributed by atoms with Crippen LogP contribution in [0, 0.1) is 5.92 Å². The molecular weight excluding hydrogens is 300 g/mol. The first-order chi connectivity index (χ1) is 10.5. The Hall–Kier alpha value is -1.40. The summed E-state index contributed by atoms with van der Waals surface area (Å²) < 4.78 is 25.5. The van der Waals surface area contributed by atoms with Crippen LogP contribution >= 0.6 is 0 Å². The summed E-state index contributed by atoms with van der Waals surface area (Å²) >= 11 is 0. The Morgan fingerprint density at radius 2 is 1.77 bits per heavy atom. The molecule has 1 aliphatic carbocycles. The normalized spacial score (nSPS) is 16.4. The standard InChI is InChI=1S/C16H24N2O3S/c1-17-22(20,21)15-10-8-14(9-11-15)18-16(19)12-7-13-5-3-2-4-6-13/h8-11,13,17H,2-7,12H2,1H3,(H,18,19). The second kappa shape index (κ2) is 7.74. The van der Waals surface area contributed by atoms with Crippen LogP contribution in [-0.4, -0.2) is 21.4 Å². The van der Waals surface area contributed by atoms with Crippen LogP contribution in [0.15, 0.2) is 29.2 Å². The van der Waals surface area contributed by atoms with Crippen molar-refractivity contribution >= 4 is 21.6 Å². The molecule has 2 N–H and O–H groups in total. The van der Waals surface area contributed by atoms with E-state index in [2.05, 4.69) is 10.0 Å². The number of hydrogen-bond acceptors (Lipinski definition) is 3. The lowest BCUT2D eigenvalue weighted by molar-refractivity contribution is -0.116. The minimum atomic E-state index is -3.43. The first-order valence-corrected chi connectivity index (χ1v) is 9.33. The molecule has 1 amide bonds. The number of nitrogens with one attached hydrogen (secondary N) is 2. The van der Waals surface area contributed by atoms with Gasteiger partial charge in [0.15, 0.2) is 0 Å². The van der Waals surface area contributed by atoms with Gasteiger partial charge in [-0.1, -0.05) is 32.1 Å². The molecule has 1 aromatic rings. The molecule has 22 heavy (non-hydrogen) atoms. The van der Waals surface area contributed by atoms with Gasteiger partial charge in [0.25, 0.3) is 0 Å².